The van der Waals surface area contributed by atoms with Gasteiger partial charge in [-0.05, 0) is 49.9 Å². The molecule has 7 heteroatoms. The van der Waals surface area contributed by atoms with E-state index in [1.165, 1.54) is 12.1 Å². The zero-order valence-corrected chi connectivity index (χ0v) is 15.3. The summed E-state index contributed by atoms with van der Waals surface area (Å²) in [7, 11) is 0. The van der Waals surface area contributed by atoms with Crippen molar-refractivity contribution in [3.8, 4) is 11.5 Å². The van der Waals surface area contributed by atoms with Gasteiger partial charge in [-0.1, -0.05) is 18.0 Å². The molecule has 3 heterocycles. The van der Waals surface area contributed by atoms with Crippen molar-refractivity contribution in [3.05, 3.63) is 35.9 Å². The number of carbonyl (C=O) groups is 1. The molecule has 2 fully saturated rings. The third-order valence-corrected chi connectivity index (χ3v) is 5.44. The molecule has 0 saturated carbocycles. The molecular weight excluding hydrogens is 349 g/mol. The summed E-state index contributed by atoms with van der Waals surface area (Å²) < 4.78 is 24.0. The van der Waals surface area contributed by atoms with Crippen LogP contribution in [0.15, 0.2) is 28.8 Å². The minimum absolute atomic E-state index is 0.0165. The lowest BCUT2D eigenvalue weighted by atomic mass is 9.97. The molecular formula is C20H24FN3O3. The standard InChI is InChI=1S/C20H24FN3O3/c21-16-7-5-14(6-8-16)19-22-18(23-27-19)17-4-2-1-3-11-24(17)20(25)15-9-12-26-13-10-15/h5-8,15,17H,1-4,9-13H2/t17-/m1/s1. The highest BCUT2D eigenvalue weighted by Crippen LogP contribution is 2.32. The topological polar surface area (TPSA) is 68.5 Å². The summed E-state index contributed by atoms with van der Waals surface area (Å²) in [6.45, 7) is 2.01. The molecule has 0 bridgehead atoms. The Balaban J connectivity index is 1.57. The molecule has 27 heavy (non-hydrogen) atoms. The van der Waals surface area contributed by atoms with Gasteiger partial charge in [0.2, 0.25) is 5.91 Å². The Labute approximate surface area is 157 Å². The van der Waals surface area contributed by atoms with E-state index in [2.05, 4.69) is 10.1 Å². The number of nitrogens with zero attached hydrogens (tertiary/aromatic N) is 3. The Bertz CT molecular complexity index is 771. The third kappa shape index (κ3) is 4.03. The monoisotopic (exact) mass is 373 g/mol. The van der Waals surface area contributed by atoms with Crippen molar-refractivity contribution < 1.29 is 18.4 Å². The number of aromatic nitrogens is 2. The van der Waals surface area contributed by atoms with Gasteiger partial charge in [-0.2, -0.15) is 4.98 Å². The fraction of sp³-hybridized carbons (Fsp3) is 0.550. The van der Waals surface area contributed by atoms with Crippen LogP contribution >= 0.6 is 0 Å². The van der Waals surface area contributed by atoms with Crippen LogP contribution in [0.25, 0.3) is 11.5 Å². The molecule has 4 rings (SSSR count). The number of rotatable bonds is 3. The number of likely N-dealkylation sites (tertiary alicyclic amines) is 1. The molecule has 144 valence electrons. The Hall–Kier alpha value is -2.28. The summed E-state index contributed by atoms with van der Waals surface area (Å²) >= 11 is 0. The van der Waals surface area contributed by atoms with Crippen molar-refractivity contribution in [1.29, 1.82) is 0 Å². The summed E-state index contributed by atoms with van der Waals surface area (Å²) in [5.74, 6) is 0.779. The van der Waals surface area contributed by atoms with Crippen LogP contribution in [0.5, 0.6) is 0 Å². The molecule has 1 amide bonds. The van der Waals surface area contributed by atoms with E-state index < -0.39 is 0 Å². The van der Waals surface area contributed by atoms with Crippen molar-refractivity contribution in [1.82, 2.24) is 15.0 Å². The van der Waals surface area contributed by atoms with E-state index in [4.69, 9.17) is 9.26 Å². The maximum absolute atomic E-state index is 13.1. The first-order valence-corrected chi connectivity index (χ1v) is 9.70. The number of benzene rings is 1. The Morgan fingerprint density at radius 1 is 1.07 bits per heavy atom. The summed E-state index contributed by atoms with van der Waals surface area (Å²) in [6, 6.07) is 5.80. The Kier molecular flexibility index (Phi) is 5.48. The van der Waals surface area contributed by atoms with E-state index in [0.29, 0.717) is 30.5 Å². The molecule has 2 aliphatic heterocycles. The predicted molar refractivity (Wildman–Crippen MR) is 96.2 cm³/mol. The number of ether oxygens (including phenoxy) is 1. The van der Waals surface area contributed by atoms with Gasteiger partial charge in [-0.25, -0.2) is 4.39 Å². The van der Waals surface area contributed by atoms with Crippen LogP contribution in [0.3, 0.4) is 0 Å². The number of halogens is 1. The zero-order valence-electron chi connectivity index (χ0n) is 15.3. The van der Waals surface area contributed by atoms with Crippen LogP contribution in [-0.2, 0) is 9.53 Å². The summed E-state index contributed by atoms with van der Waals surface area (Å²) in [5.41, 5.74) is 0.672. The highest BCUT2D eigenvalue weighted by molar-refractivity contribution is 5.79. The summed E-state index contributed by atoms with van der Waals surface area (Å²) in [5, 5.41) is 4.16. The van der Waals surface area contributed by atoms with Crippen LogP contribution in [0.1, 0.15) is 50.4 Å². The number of hydrogen-bond acceptors (Lipinski definition) is 5. The second-order valence-corrected chi connectivity index (χ2v) is 7.25. The van der Waals surface area contributed by atoms with E-state index >= 15 is 0 Å². The molecule has 1 aromatic carbocycles. The second kappa shape index (κ2) is 8.17. The fourth-order valence-electron chi connectivity index (χ4n) is 3.90. The van der Waals surface area contributed by atoms with Gasteiger partial charge in [0.15, 0.2) is 5.82 Å². The maximum atomic E-state index is 13.1. The van der Waals surface area contributed by atoms with Gasteiger partial charge in [0.05, 0.1) is 6.04 Å². The van der Waals surface area contributed by atoms with Gasteiger partial charge >= 0.3 is 0 Å². The van der Waals surface area contributed by atoms with Gasteiger partial charge in [-0.3, -0.25) is 4.79 Å². The quantitative estimate of drug-likeness (QED) is 0.820. The first-order chi connectivity index (χ1) is 13.2. The molecule has 6 nitrogen and oxygen atoms in total. The third-order valence-electron chi connectivity index (χ3n) is 5.44. The molecule has 0 N–H and O–H groups in total. The molecule has 2 aromatic rings. The van der Waals surface area contributed by atoms with E-state index in [1.807, 2.05) is 4.90 Å². The highest BCUT2D eigenvalue weighted by Gasteiger charge is 2.34. The number of amides is 1. The second-order valence-electron chi connectivity index (χ2n) is 7.25. The Morgan fingerprint density at radius 3 is 2.63 bits per heavy atom. The molecule has 0 radical (unpaired) electrons. The van der Waals surface area contributed by atoms with E-state index in [0.717, 1.165) is 45.1 Å². The predicted octanol–water partition coefficient (Wildman–Crippen LogP) is 3.75. The van der Waals surface area contributed by atoms with Gasteiger partial charge in [0, 0.05) is 31.2 Å². The van der Waals surface area contributed by atoms with Crippen molar-refractivity contribution in [2.45, 2.75) is 44.6 Å². The van der Waals surface area contributed by atoms with Crippen molar-refractivity contribution >= 4 is 5.91 Å². The molecule has 0 aliphatic carbocycles. The normalized spacial score (nSPS) is 21.8. The van der Waals surface area contributed by atoms with Crippen molar-refractivity contribution in [3.63, 3.8) is 0 Å². The molecule has 0 unspecified atom stereocenters. The molecule has 1 atom stereocenters. The van der Waals surface area contributed by atoms with Crippen LogP contribution in [0.2, 0.25) is 0 Å². The lowest BCUT2D eigenvalue weighted by Gasteiger charge is -2.32. The molecule has 0 spiro atoms. The molecule has 1 aromatic heterocycles. The van der Waals surface area contributed by atoms with E-state index in [1.54, 1.807) is 12.1 Å². The lowest BCUT2D eigenvalue weighted by Crippen LogP contribution is -2.41. The lowest BCUT2D eigenvalue weighted by molar-refractivity contribution is -0.141. The van der Waals surface area contributed by atoms with Gasteiger partial charge in [-0.15, -0.1) is 0 Å². The Morgan fingerprint density at radius 2 is 1.85 bits per heavy atom. The average molecular weight is 373 g/mol. The average Bonchev–Trinajstić information content (AvgIpc) is 3.06. The highest BCUT2D eigenvalue weighted by atomic mass is 19.1. The fourth-order valence-corrected chi connectivity index (χ4v) is 3.90. The number of hydrogen-bond donors (Lipinski definition) is 0. The number of carbonyl (C=O) groups excluding carboxylic acids is 1. The smallest absolute Gasteiger partial charge is 0.258 e. The van der Waals surface area contributed by atoms with Crippen LogP contribution in [0, 0.1) is 11.7 Å². The first-order valence-electron chi connectivity index (χ1n) is 9.70. The molecule has 2 aliphatic rings. The van der Waals surface area contributed by atoms with E-state index in [9.17, 15) is 9.18 Å². The van der Waals surface area contributed by atoms with Gasteiger partial charge in [0.1, 0.15) is 5.82 Å². The zero-order chi connectivity index (χ0) is 18.6. The van der Waals surface area contributed by atoms with Crippen molar-refractivity contribution in [2.75, 3.05) is 19.8 Å². The SMILES string of the molecule is O=C(C1CCOCC1)N1CCCCC[C@@H]1c1noc(-c2ccc(F)cc2)n1. The maximum Gasteiger partial charge on any atom is 0.258 e. The largest absolute Gasteiger partial charge is 0.381 e. The summed E-state index contributed by atoms with van der Waals surface area (Å²) in [6.07, 6.45) is 5.50. The van der Waals surface area contributed by atoms with Crippen LogP contribution < -0.4 is 0 Å². The first kappa shape index (κ1) is 18.1. The van der Waals surface area contributed by atoms with Crippen LogP contribution in [-0.4, -0.2) is 40.7 Å². The van der Waals surface area contributed by atoms with E-state index in [-0.39, 0.29) is 23.7 Å². The minimum atomic E-state index is -0.310. The van der Waals surface area contributed by atoms with Gasteiger partial charge < -0.3 is 14.2 Å². The molecule has 2 saturated heterocycles. The minimum Gasteiger partial charge on any atom is -0.381 e. The summed E-state index contributed by atoms with van der Waals surface area (Å²) in [4.78, 5) is 19.6. The van der Waals surface area contributed by atoms with Gasteiger partial charge in [0.25, 0.3) is 5.89 Å². The van der Waals surface area contributed by atoms with Crippen molar-refractivity contribution in [2.24, 2.45) is 5.92 Å². The van der Waals surface area contributed by atoms with Crippen LogP contribution in [0.4, 0.5) is 4.39 Å².